The van der Waals surface area contributed by atoms with Gasteiger partial charge in [0.2, 0.25) is 0 Å². The van der Waals surface area contributed by atoms with Gasteiger partial charge in [-0.3, -0.25) is 4.79 Å². The second-order valence-electron chi connectivity index (χ2n) is 6.02. The minimum atomic E-state index is -1.34. The van der Waals surface area contributed by atoms with Crippen molar-refractivity contribution < 1.29 is 28.9 Å². The summed E-state index contributed by atoms with van der Waals surface area (Å²) in [4.78, 5) is 24.4. The normalized spacial score (nSPS) is 16.0. The summed E-state index contributed by atoms with van der Waals surface area (Å²) in [5, 5.41) is 12.5. The Morgan fingerprint density at radius 3 is 2.54 bits per heavy atom. The van der Waals surface area contributed by atoms with E-state index in [1.165, 1.54) is 12.1 Å². The van der Waals surface area contributed by atoms with Gasteiger partial charge in [0.05, 0.1) is 18.2 Å². The van der Waals surface area contributed by atoms with Gasteiger partial charge in [0.15, 0.2) is 11.5 Å². The number of carbonyl (C=O) groups excluding carboxylic acids is 1. The van der Waals surface area contributed by atoms with Crippen LogP contribution in [0.5, 0.6) is 11.5 Å². The van der Waals surface area contributed by atoms with Crippen molar-refractivity contribution in [1.29, 1.82) is 0 Å². The highest BCUT2D eigenvalue weighted by Crippen LogP contribution is 2.37. The Kier molecular flexibility index (Phi) is 7.11. The van der Waals surface area contributed by atoms with Gasteiger partial charge in [-0.1, -0.05) is 18.5 Å². The summed E-state index contributed by atoms with van der Waals surface area (Å²) in [6.45, 7) is 5.18. The Balaban J connectivity index is 2.28. The van der Waals surface area contributed by atoms with Gasteiger partial charge >= 0.3 is 5.97 Å². The topological polar surface area (TPSA) is 94.1 Å². The molecule has 1 aliphatic rings. The maximum atomic E-state index is 12.7. The Labute approximate surface area is 157 Å². The Hall–Kier alpha value is -1.99. The zero-order chi connectivity index (χ0) is 19.2. The number of carboxylic acids is 1. The third-order valence-electron chi connectivity index (χ3n) is 4.13. The van der Waals surface area contributed by atoms with Crippen molar-refractivity contribution >= 4 is 23.5 Å². The molecule has 0 saturated carbocycles. The molecule has 1 aromatic carbocycles. The lowest BCUT2D eigenvalue weighted by Crippen LogP contribution is -2.57. The molecule has 1 saturated heterocycles. The van der Waals surface area contributed by atoms with Gasteiger partial charge in [0.1, 0.15) is 5.54 Å². The van der Waals surface area contributed by atoms with Crippen LogP contribution in [0.1, 0.15) is 43.5 Å². The maximum absolute atomic E-state index is 12.7. The molecule has 2 N–H and O–H groups in total. The zero-order valence-electron chi connectivity index (χ0n) is 15.0. The second-order valence-corrected chi connectivity index (χ2v) is 6.43. The summed E-state index contributed by atoms with van der Waals surface area (Å²) < 4.78 is 16.4. The Bertz CT molecular complexity index is 657. The molecule has 0 aromatic heterocycles. The zero-order valence-corrected chi connectivity index (χ0v) is 15.7. The first-order valence-electron chi connectivity index (χ1n) is 8.66. The Morgan fingerprint density at radius 1 is 1.27 bits per heavy atom. The summed E-state index contributed by atoms with van der Waals surface area (Å²) in [5.41, 5.74) is -1.13. The van der Waals surface area contributed by atoms with E-state index in [0.717, 1.165) is 6.42 Å². The summed E-state index contributed by atoms with van der Waals surface area (Å²) in [5.74, 6) is -0.867. The lowest BCUT2D eigenvalue weighted by Gasteiger charge is -2.33. The van der Waals surface area contributed by atoms with Crippen LogP contribution in [0.25, 0.3) is 0 Å². The van der Waals surface area contributed by atoms with E-state index in [2.05, 4.69) is 5.32 Å². The van der Waals surface area contributed by atoms with Crippen molar-refractivity contribution in [1.82, 2.24) is 5.32 Å². The first-order chi connectivity index (χ1) is 12.4. The van der Waals surface area contributed by atoms with E-state index in [9.17, 15) is 14.7 Å². The molecule has 0 unspecified atom stereocenters. The number of benzene rings is 1. The lowest BCUT2D eigenvalue weighted by atomic mass is 9.89. The molecule has 0 spiro atoms. The predicted molar refractivity (Wildman–Crippen MR) is 96.3 cm³/mol. The van der Waals surface area contributed by atoms with Crippen molar-refractivity contribution in [2.75, 3.05) is 26.4 Å². The van der Waals surface area contributed by atoms with Crippen LogP contribution in [0.2, 0.25) is 5.02 Å². The molecule has 1 aliphatic heterocycles. The molecule has 1 aromatic rings. The molecular formula is C18H24ClNO6. The van der Waals surface area contributed by atoms with Crippen LogP contribution in [0, 0.1) is 0 Å². The standard InChI is InChI=1S/C18H24ClNO6/c1-3-7-26-15-13(19)10-12(11-14(15)25-4-2)16(21)20-18(17(22)23)5-8-24-9-6-18/h10-11H,3-9H2,1-2H3,(H,20,21)(H,22,23). The monoisotopic (exact) mass is 385 g/mol. The Morgan fingerprint density at radius 2 is 1.96 bits per heavy atom. The SMILES string of the molecule is CCCOc1c(Cl)cc(C(=O)NC2(C(=O)O)CCOCC2)cc1OCC. The first kappa shape index (κ1) is 20.3. The van der Waals surface area contributed by atoms with Crippen LogP contribution in [0.15, 0.2) is 12.1 Å². The minimum absolute atomic E-state index is 0.206. The fourth-order valence-electron chi connectivity index (χ4n) is 2.71. The van der Waals surface area contributed by atoms with Gasteiger partial charge in [0, 0.05) is 31.6 Å². The van der Waals surface area contributed by atoms with Gasteiger partial charge in [-0.25, -0.2) is 4.79 Å². The molecule has 7 nitrogen and oxygen atoms in total. The number of ether oxygens (including phenoxy) is 3. The molecule has 26 heavy (non-hydrogen) atoms. The van der Waals surface area contributed by atoms with Crippen molar-refractivity contribution in [3.63, 3.8) is 0 Å². The molecule has 8 heteroatoms. The summed E-state index contributed by atoms with van der Waals surface area (Å²) in [6.07, 6.45) is 1.21. The van der Waals surface area contributed by atoms with Crippen LogP contribution in [-0.4, -0.2) is 48.9 Å². The fraction of sp³-hybridized carbons (Fsp3) is 0.556. The minimum Gasteiger partial charge on any atom is -0.490 e. The summed E-state index contributed by atoms with van der Waals surface area (Å²) in [6, 6.07) is 2.98. The molecule has 2 rings (SSSR count). The van der Waals surface area contributed by atoms with Crippen LogP contribution in [0.4, 0.5) is 0 Å². The van der Waals surface area contributed by atoms with Crippen LogP contribution in [-0.2, 0) is 9.53 Å². The van der Waals surface area contributed by atoms with Crippen LogP contribution in [0.3, 0.4) is 0 Å². The number of aliphatic carboxylic acids is 1. The number of nitrogens with one attached hydrogen (secondary N) is 1. The van der Waals surface area contributed by atoms with Crippen molar-refractivity contribution in [3.8, 4) is 11.5 Å². The van der Waals surface area contributed by atoms with Crippen LogP contribution >= 0.6 is 11.6 Å². The predicted octanol–water partition coefficient (Wildman–Crippen LogP) is 2.89. The lowest BCUT2D eigenvalue weighted by molar-refractivity contribution is -0.148. The molecule has 1 amide bonds. The molecule has 0 aliphatic carbocycles. The average Bonchev–Trinajstić information content (AvgIpc) is 2.61. The molecule has 144 valence electrons. The van der Waals surface area contributed by atoms with E-state index in [1.807, 2.05) is 13.8 Å². The van der Waals surface area contributed by atoms with E-state index in [0.29, 0.717) is 24.7 Å². The van der Waals surface area contributed by atoms with Gasteiger partial charge in [-0.05, 0) is 25.5 Å². The largest absolute Gasteiger partial charge is 0.490 e. The number of amides is 1. The van der Waals surface area contributed by atoms with Gasteiger partial charge in [0.25, 0.3) is 5.91 Å². The summed E-state index contributed by atoms with van der Waals surface area (Å²) >= 11 is 6.27. The number of hydrogen-bond acceptors (Lipinski definition) is 5. The molecule has 1 heterocycles. The number of carbonyl (C=O) groups is 2. The number of carboxylic acid groups (broad SMARTS) is 1. The van der Waals surface area contributed by atoms with E-state index in [4.69, 9.17) is 25.8 Å². The van der Waals surface area contributed by atoms with Crippen molar-refractivity contribution in [2.45, 2.75) is 38.6 Å². The second kappa shape index (κ2) is 9.09. The van der Waals surface area contributed by atoms with E-state index < -0.39 is 17.4 Å². The van der Waals surface area contributed by atoms with Gasteiger partial charge in [-0.15, -0.1) is 0 Å². The molecule has 0 radical (unpaired) electrons. The number of hydrogen-bond donors (Lipinski definition) is 2. The molecule has 0 bridgehead atoms. The van der Waals surface area contributed by atoms with Gasteiger partial charge in [-0.2, -0.15) is 0 Å². The third kappa shape index (κ3) is 4.59. The van der Waals surface area contributed by atoms with E-state index >= 15 is 0 Å². The number of rotatable bonds is 8. The molecule has 1 fully saturated rings. The van der Waals surface area contributed by atoms with Crippen molar-refractivity contribution in [3.05, 3.63) is 22.7 Å². The van der Waals surface area contributed by atoms with Crippen molar-refractivity contribution in [2.24, 2.45) is 0 Å². The summed E-state index contributed by atoms with van der Waals surface area (Å²) in [7, 11) is 0. The number of halogens is 1. The quantitative estimate of drug-likeness (QED) is 0.714. The first-order valence-corrected chi connectivity index (χ1v) is 9.04. The highest BCUT2D eigenvalue weighted by molar-refractivity contribution is 6.32. The molecular weight excluding hydrogens is 362 g/mol. The van der Waals surface area contributed by atoms with E-state index in [-0.39, 0.29) is 36.6 Å². The average molecular weight is 386 g/mol. The highest BCUT2D eigenvalue weighted by atomic mass is 35.5. The third-order valence-corrected chi connectivity index (χ3v) is 4.41. The molecule has 0 atom stereocenters. The van der Waals surface area contributed by atoms with Gasteiger partial charge < -0.3 is 24.6 Å². The fourth-order valence-corrected chi connectivity index (χ4v) is 2.97. The van der Waals surface area contributed by atoms with Crippen LogP contribution < -0.4 is 14.8 Å². The van der Waals surface area contributed by atoms with E-state index in [1.54, 1.807) is 0 Å². The highest BCUT2D eigenvalue weighted by Gasteiger charge is 2.41. The maximum Gasteiger partial charge on any atom is 0.329 e. The smallest absolute Gasteiger partial charge is 0.329 e.